The fourth-order valence-electron chi connectivity index (χ4n) is 1.45. The van der Waals surface area contributed by atoms with Crippen molar-refractivity contribution in [1.29, 1.82) is 0 Å². The number of carbonyl (C=O) groups is 1. The maximum Gasteiger partial charge on any atom is 0.129 e. The van der Waals surface area contributed by atoms with Gasteiger partial charge >= 0.3 is 0 Å². The van der Waals surface area contributed by atoms with Crippen LogP contribution in [0.15, 0.2) is 29.3 Å². The van der Waals surface area contributed by atoms with Gasteiger partial charge in [0, 0.05) is 6.21 Å². The molecule has 1 aromatic rings. The number of benzene rings is 1. The minimum atomic E-state index is -0.0359. The molecule has 0 aliphatic carbocycles. The van der Waals surface area contributed by atoms with E-state index in [-0.39, 0.29) is 5.92 Å². The van der Waals surface area contributed by atoms with E-state index in [9.17, 15) is 4.79 Å². The average molecular weight is 159 g/mol. The first-order valence-electron chi connectivity index (χ1n) is 3.96. The summed E-state index contributed by atoms with van der Waals surface area (Å²) < 4.78 is 0. The van der Waals surface area contributed by atoms with Gasteiger partial charge in [-0.25, -0.2) is 0 Å². The van der Waals surface area contributed by atoms with Gasteiger partial charge in [0.15, 0.2) is 0 Å². The highest BCUT2D eigenvalue weighted by atomic mass is 16.1. The van der Waals surface area contributed by atoms with Crippen molar-refractivity contribution in [2.75, 3.05) is 6.54 Å². The Labute approximate surface area is 70.9 Å². The molecule has 2 heteroatoms. The van der Waals surface area contributed by atoms with Crippen LogP contribution in [0, 0.1) is 0 Å². The van der Waals surface area contributed by atoms with Crippen molar-refractivity contribution >= 4 is 12.5 Å². The molecule has 2 rings (SSSR count). The molecule has 1 aliphatic rings. The van der Waals surface area contributed by atoms with Crippen molar-refractivity contribution in [3.8, 4) is 0 Å². The van der Waals surface area contributed by atoms with Gasteiger partial charge in [-0.1, -0.05) is 24.3 Å². The average Bonchev–Trinajstić information content (AvgIpc) is 2.17. The third-order valence-corrected chi connectivity index (χ3v) is 2.09. The van der Waals surface area contributed by atoms with Crippen LogP contribution >= 0.6 is 0 Å². The van der Waals surface area contributed by atoms with Crippen LogP contribution in [-0.4, -0.2) is 19.0 Å². The Morgan fingerprint density at radius 2 is 2.25 bits per heavy atom. The molecule has 60 valence electrons. The molecule has 1 heterocycles. The molecule has 1 aliphatic heterocycles. The van der Waals surface area contributed by atoms with E-state index in [2.05, 4.69) is 4.99 Å². The molecule has 2 nitrogen and oxygen atoms in total. The van der Waals surface area contributed by atoms with Crippen LogP contribution in [0.3, 0.4) is 0 Å². The van der Waals surface area contributed by atoms with Crippen molar-refractivity contribution < 1.29 is 4.79 Å². The van der Waals surface area contributed by atoms with Gasteiger partial charge in [-0.3, -0.25) is 4.99 Å². The van der Waals surface area contributed by atoms with Crippen LogP contribution in [0.5, 0.6) is 0 Å². The second-order valence-corrected chi connectivity index (χ2v) is 2.87. The summed E-state index contributed by atoms with van der Waals surface area (Å²) in [5.41, 5.74) is 2.17. The molecule has 0 radical (unpaired) electrons. The minimum absolute atomic E-state index is 0.0359. The van der Waals surface area contributed by atoms with E-state index in [4.69, 9.17) is 0 Å². The van der Waals surface area contributed by atoms with E-state index < -0.39 is 0 Å². The monoisotopic (exact) mass is 159 g/mol. The summed E-state index contributed by atoms with van der Waals surface area (Å²) in [6.07, 6.45) is 2.80. The van der Waals surface area contributed by atoms with Gasteiger partial charge in [0.2, 0.25) is 0 Å². The summed E-state index contributed by atoms with van der Waals surface area (Å²) in [4.78, 5) is 14.8. The van der Waals surface area contributed by atoms with Gasteiger partial charge in [0.05, 0.1) is 12.5 Å². The lowest BCUT2D eigenvalue weighted by atomic mass is 9.94. The summed E-state index contributed by atoms with van der Waals surface area (Å²) in [7, 11) is 0. The number of hydrogen-bond donors (Lipinski definition) is 0. The highest BCUT2D eigenvalue weighted by molar-refractivity contribution is 5.86. The first-order valence-corrected chi connectivity index (χ1v) is 3.96. The Morgan fingerprint density at radius 3 is 3.08 bits per heavy atom. The summed E-state index contributed by atoms with van der Waals surface area (Å²) in [6, 6.07) is 7.88. The molecule has 1 atom stereocenters. The molecule has 0 saturated heterocycles. The number of aliphatic imine (C=N–C) groups is 1. The van der Waals surface area contributed by atoms with Crippen LogP contribution in [0.25, 0.3) is 0 Å². The zero-order chi connectivity index (χ0) is 8.39. The Hall–Kier alpha value is -1.44. The van der Waals surface area contributed by atoms with Crippen LogP contribution in [-0.2, 0) is 4.79 Å². The predicted octanol–water partition coefficient (Wildman–Crippen LogP) is 1.40. The van der Waals surface area contributed by atoms with Gasteiger partial charge in [0.25, 0.3) is 0 Å². The van der Waals surface area contributed by atoms with E-state index in [0.717, 1.165) is 17.4 Å². The number of rotatable bonds is 1. The molecule has 0 spiro atoms. The van der Waals surface area contributed by atoms with Crippen molar-refractivity contribution in [2.24, 2.45) is 4.99 Å². The Morgan fingerprint density at radius 1 is 1.42 bits per heavy atom. The van der Waals surface area contributed by atoms with Crippen molar-refractivity contribution in [3.63, 3.8) is 0 Å². The van der Waals surface area contributed by atoms with E-state index in [0.29, 0.717) is 6.54 Å². The van der Waals surface area contributed by atoms with Gasteiger partial charge in [-0.15, -0.1) is 0 Å². The largest absolute Gasteiger partial charge is 0.303 e. The summed E-state index contributed by atoms with van der Waals surface area (Å²) in [5, 5.41) is 0. The molecular weight excluding hydrogens is 150 g/mol. The van der Waals surface area contributed by atoms with E-state index in [1.54, 1.807) is 0 Å². The number of hydrogen-bond acceptors (Lipinski definition) is 2. The predicted molar refractivity (Wildman–Crippen MR) is 47.7 cm³/mol. The highest BCUT2D eigenvalue weighted by Gasteiger charge is 2.15. The Kier molecular flexibility index (Phi) is 1.74. The fraction of sp³-hybridized carbons (Fsp3) is 0.200. The Bertz CT molecular complexity index is 330. The van der Waals surface area contributed by atoms with Gasteiger partial charge in [0.1, 0.15) is 6.29 Å². The first-order chi connectivity index (χ1) is 5.92. The lowest BCUT2D eigenvalue weighted by molar-refractivity contribution is -0.108. The quantitative estimate of drug-likeness (QED) is 0.569. The summed E-state index contributed by atoms with van der Waals surface area (Å²) in [5.74, 6) is -0.0359. The topological polar surface area (TPSA) is 29.4 Å². The van der Waals surface area contributed by atoms with Crippen LogP contribution < -0.4 is 0 Å². The number of carbonyl (C=O) groups excluding carboxylic acids is 1. The third kappa shape index (κ3) is 1.05. The first kappa shape index (κ1) is 7.22. The van der Waals surface area contributed by atoms with Gasteiger partial charge in [-0.2, -0.15) is 0 Å². The summed E-state index contributed by atoms with van der Waals surface area (Å²) in [6.45, 7) is 0.598. The van der Waals surface area contributed by atoms with Gasteiger partial charge < -0.3 is 4.79 Å². The SMILES string of the molecule is O=CC1CN=Cc2ccccc21. The maximum absolute atomic E-state index is 10.6. The fourth-order valence-corrected chi connectivity index (χ4v) is 1.45. The van der Waals surface area contributed by atoms with Gasteiger partial charge in [-0.05, 0) is 11.1 Å². The molecule has 1 unspecified atom stereocenters. The van der Waals surface area contributed by atoms with Crippen LogP contribution in [0.2, 0.25) is 0 Å². The zero-order valence-electron chi connectivity index (χ0n) is 6.60. The second-order valence-electron chi connectivity index (χ2n) is 2.87. The van der Waals surface area contributed by atoms with Crippen LogP contribution in [0.1, 0.15) is 17.0 Å². The molecule has 0 amide bonds. The third-order valence-electron chi connectivity index (χ3n) is 2.09. The number of aldehydes is 1. The van der Waals surface area contributed by atoms with E-state index in [1.165, 1.54) is 0 Å². The van der Waals surface area contributed by atoms with E-state index in [1.807, 2.05) is 30.5 Å². The normalized spacial score (nSPS) is 20.2. The number of fused-ring (bicyclic) bond motifs is 1. The van der Waals surface area contributed by atoms with Crippen LogP contribution in [0.4, 0.5) is 0 Å². The van der Waals surface area contributed by atoms with E-state index >= 15 is 0 Å². The second kappa shape index (κ2) is 2.89. The molecule has 12 heavy (non-hydrogen) atoms. The molecule has 0 N–H and O–H groups in total. The molecule has 1 aromatic carbocycles. The standard InChI is InChI=1S/C10H9NO/c12-7-9-6-11-5-8-3-1-2-4-10(8)9/h1-5,7,9H,6H2. The van der Waals surface area contributed by atoms with Crippen molar-refractivity contribution in [2.45, 2.75) is 5.92 Å². The highest BCUT2D eigenvalue weighted by Crippen LogP contribution is 2.20. The maximum atomic E-state index is 10.6. The van der Waals surface area contributed by atoms with Crippen molar-refractivity contribution in [3.05, 3.63) is 35.4 Å². The Balaban J connectivity index is 2.52. The molecule has 0 bridgehead atoms. The molecular formula is C10H9NO. The smallest absolute Gasteiger partial charge is 0.129 e. The minimum Gasteiger partial charge on any atom is -0.303 e. The molecule has 0 fully saturated rings. The zero-order valence-corrected chi connectivity index (χ0v) is 6.60. The lowest BCUT2D eigenvalue weighted by Gasteiger charge is -2.14. The molecule has 0 aromatic heterocycles. The number of nitrogens with zero attached hydrogens (tertiary/aromatic N) is 1. The lowest BCUT2D eigenvalue weighted by Crippen LogP contribution is -2.11. The molecule has 0 saturated carbocycles. The summed E-state index contributed by atoms with van der Waals surface area (Å²) >= 11 is 0. The van der Waals surface area contributed by atoms with Crippen molar-refractivity contribution in [1.82, 2.24) is 0 Å².